The molecule has 3 fully saturated rings. The van der Waals surface area contributed by atoms with E-state index < -0.39 is 11.7 Å². The van der Waals surface area contributed by atoms with Crippen molar-refractivity contribution in [2.24, 2.45) is 5.41 Å². The van der Waals surface area contributed by atoms with Gasteiger partial charge in [0.05, 0.1) is 17.0 Å². The number of aromatic nitrogens is 1. The van der Waals surface area contributed by atoms with Gasteiger partial charge in [0.25, 0.3) is 0 Å². The first-order chi connectivity index (χ1) is 16.8. The van der Waals surface area contributed by atoms with Crippen molar-refractivity contribution >= 4 is 11.6 Å². The average molecular weight is 482 g/mol. The molecule has 35 heavy (non-hydrogen) atoms. The summed E-state index contributed by atoms with van der Waals surface area (Å²) in [5.41, 5.74) is 3.30. The molecule has 0 radical (unpaired) electrons. The zero-order valence-corrected chi connectivity index (χ0v) is 19.8. The number of hydrogen-bond donors (Lipinski definition) is 0. The number of halogens is 3. The monoisotopic (exact) mass is 481 g/mol. The number of fused-ring (bicyclic) bond motifs is 1. The molecule has 1 spiro atoms. The van der Waals surface area contributed by atoms with Gasteiger partial charge in [-0.2, -0.15) is 13.2 Å². The predicted octanol–water partition coefficient (Wildman–Crippen LogP) is 7.56. The molecule has 6 heteroatoms. The number of Topliss-reactive ketones (excluding diaryl/α,β-unsaturated/α-hetero) is 1. The second-order valence-electron chi connectivity index (χ2n) is 11.3. The van der Waals surface area contributed by atoms with E-state index in [4.69, 9.17) is 4.98 Å². The van der Waals surface area contributed by atoms with Crippen molar-refractivity contribution in [3.8, 4) is 0 Å². The van der Waals surface area contributed by atoms with Crippen LogP contribution in [0.2, 0.25) is 0 Å². The normalized spacial score (nSPS) is 22.1. The number of rotatable bonds is 4. The Bertz CT molecular complexity index is 1180. The minimum Gasteiger partial charge on any atom is -0.294 e. The van der Waals surface area contributed by atoms with Crippen LogP contribution >= 0.6 is 0 Å². The molecule has 0 atom stereocenters. The molecule has 3 saturated carbocycles. The molecule has 3 nitrogen and oxygen atoms in total. The van der Waals surface area contributed by atoms with Gasteiger partial charge in [0, 0.05) is 29.0 Å². The Kier molecular flexibility index (Phi) is 5.42. The van der Waals surface area contributed by atoms with Gasteiger partial charge in [-0.3, -0.25) is 14.6 Å². The molecule has 6 rings (SSSR count). The molecule has 1 aromatic heterocycles. The third kappa shape index (κ3) is 4.03. The number of carbonyl (C=O) groups is 2. The lowest BCUT2D eigenvalue weighted by Crippen LogP contribution is -2.28. The largest absolute Gasteiger partial charge is 0.416 e. The van der Waals surface area contributed by atoms with Crippen LogP contribution < -0.4 is 0 Å². The molecule has 4 aliphatic rings. The van der Waals surface area contributed by atoms with Crippen molar-refractivity contribution in [3.63, 3.8) is 0 Å². The second-order valence-corrected chi connectivity index (χ2v) is 11.3. The summed E-state index contributed by atoms with van der Waals surface area (Å²) in [6.07, 6.45) is 7.08. The predicted molar refractivity (Wildman–Crippen MR) is 126 cm³/mol. The van der Waals surface area contributed by atoms with Crippen LogP contribution in [0.15, 0.2) is 24.3 Å². The van der Waals surface area contributed by atoms with Crippen LogP contribution in [0, 0.1) is 5.41 Å². The number of carbonyl (C=O) groups excluding carboxylic acids is 2. The summed E-state index contributed by atoms with van der Waals surface area (Å²) in [4.78, 5) is 32.7. The zero-order chi connectivity index (χ0) is 24.4. The van der Waals surface area contributed by atoms with E-state index in [9.17, 15) is 22.8 Å². The molecular formula is C29H30F3NO2. The van der Waals surface area contributed by atoms with Crippen molar-refractivity contribution in [1.29, 1.82) is 0 Å². The zero-order valence-electron chi connectivity index (χ0n) is 19.8. The number of ketones is 2. The molecule has 0 amide bonds. The second kappa shape index (κ2) is 8.28. The Morgan fingerprint density at radius 2 is 1.49 bits per heavy atom. The smallest absolute Gasteiger partial charge is 0.294 e. The Balaban J connectivity index is 1.54. The number of alkyl halides is 3. The molecule has 0 saturated heterocycles. The first-order valence-corrected chi connectivity index (χ1v) is 13.1. The Morgan fingerprint density at radius 3 is 2.06 bits per heavy atom. The maximum Gasteiger partial charge on any atom is 0.416 e. The summed E-state index contributed by atoms with van der Waals surface area (Å²) >= 11 is 0. The van der Waals surface area contributed by atoms with Gasteiger partial charge in [0.1, 0.15) is 0 Å². The van der Waals surface area contributed by atoms with Gasteiger partial charge in [-0.1, -0.05) is 37.8 Å². The van der Waals surface area contributed by atoms with E-state index in [1.165, 1.54) is 12.1 Å². The standard InChI is InChI=1S/C29H30F3NO2/c30-29(31,32)20-11-9-19(10-12-20)27(35)25-23(17-5-1-2-6-17)24-21(15-28(13-14-28)16-22(24)34)33-26(25)18-7-3-4-8-18/h9-12,17-18H,1-8,13-16H2. The molecule has 4 aliphatic carbocycles. The van der Waals surface area contributed by atoms with Gasteiger partial charge in [-0.15, -0.1) is 0 Å². The highest BCUT2D eigenvalue weighted by Gasteiger charge is 2.50. The van der Waals surface area contributed by atoms with E-state index >= 15 is 0 Å². The van der Waals surface area contributed by atoms with E-state index in [0.29, 0.717) is 17.5 Å². The molecule has 0 bridgehead atoms. The van der Waals surface area contributed by atoms with Crippen molar-refractivity contribution in [2.45, 2.75) is 95.1 Å². The van der Waals surface area contributed by atoms with Crippen LogP contribution in [0.4, 0.5) is 13.2 Å². The van der Waals surface area contributed by atoms with Crippen LogP contribution in [0.5, 0.6) is 0 Å². The van der Waals surface area contributed by atoms with Crippen molar-refractivity contribution < 1.29 is 22.8 Å². The van der Waals surface area contributed by atoms with Gasteiger partial charge in [0.15, 0.2) is 11.6 Å². The fourth-order valence-corrected chi connectivity index (χ4v) is 6.80. The van der Waals surface area contributed by atoms with Crippen LogP contribution in [0.25, 0.3) is 0 Å². The molecule has 2 aromatic rings. The molecular weight excluding hydrogens is 451 g/mol. The lowest BCUT2D eigenvalue weighted by Gasteiger charge is -2.30. The first-order valence-electron chi connectivity index (χ1n) is 13.1. The van der Waals surface area contributed by atoms with Crippen molar-refractivity contribution in [1.82, 2.24) is 4.98 Å². The lowest BCUT2D eigenvalue weighted by atomic mass is 9.75. The molecule has 1 heterocycles. The van der Waals surface area contributed by atoms with Gasteiger partial charge in [-0.25, -0.2) is 0 Å². The van der Waals surface area contributed by atoms with Gasteiger partial charge < -0.3 is 0 Å². The summed E-state index contributed by atoms with van der Waals surface area (Å²) in [5, 5.41) is 0. The van der Waals surface area contributed by atoms with Crippen LogP contribution in [0.3, 0.4) is 0 Å². The van der Waals surface area contributed by atoms with Gasteiger partial charge in [-0.05, 0) is 74.0 Å². The minimum atomic E-state index is -4.45. The topological polar surface area (TPSA) is 47.0 Å². The summed E-state index contributed by atoms with van der Waals surface area (Å²) < 4.78 is 39.4. The van der Waals surface area contributed by atoms with E-state index in [2.05, 4.69) is 0 Å². The summed E-state index contributed by atoms with van der Waals surface area (Å²) in [6, 6.07) is 4.52. The van der Waals surface area contributed by atoms with E-state index in [-0.39, 0.29) is 34.4 Å². The third-order valence-electron chi connectivity index (χ3n) is 8.86. The lowest BCUT2D eigenvalue weighted by molar-refractivity contribution is -0.137. The number of benzene rings is 1. The maximum absolute atomic E-state index is 14.1. The number of pyridine rings is 1. The Morgan fingerprint density at radius 1 is 0.886 bits per heavy atom. The molecule has 184 valence electrons. The van der Waals surface area contributed by atoms with E-state index in [1.807, 2.05) is 0 Å². The fraction of sp³-hybridized carbons (Fsp3) is 0.552. The Labute approximate surface area is 203 Å². The Hall–Kier alpha value is -2.50. The van der Waals surface area contributed by atoms with E-state index in [0.717, 1.165) is 99.7 Å². The molecule has 0 aliphatic heterocycles. The highest BCUT2D eigenvalue weighted by atomic mass is 19.4. The molecule has 0 unspecified atom stereocenters. The molecule has 0 N–H and O–H groups in total. The highest BCUT2D eigenvalue weighted by molar-refractivity contribution is 6.13. The highest BCUT2D eigenvalue weighted by Crippen LogP contribution is 2.56. The first kappa shape index (κ1) is 22.9. The number of hydrogen-bond acceptors (Lipinski definition) is 3. The quantitative estimate of drug-likeness (QED) is 0.424. The van der Waals surface area contributed by atoms with Crippen molar-refractivity contribution in [3.05, 3.63) is 63.5 Å². The van der Waals surface area contributed by atoms with Gasteiger partial charge in [0.2, 0.25) is 0 Å². The van der Waals surface area contributed by atoms with Crippen LogP contribution in [0.1, 0.15) is 131 Å². The maximum atomic E-state index is 14.1. The summed E-state index contributed by atoms with van der Waals surface area (Å²) in [6.45, 7) is 0. The van der Waals surface area contributed by atoms with Crippen LogP contribution in [-0.2, 0) is 12.6 Å². The SMILES string of the molecule is O=C1CC2(CC2)Cc2nc(C3CCCC3)c(C(=O)c3ccc(C(F)(F)F)cc3)c(C3CCCC3)c21. The minimum absolute atomic E-state index is 0.0654. The van der Waals surface area contributed by atoms with E-state index in [1.54, 1.807) is 0 Å². The van der Waals surface area contributed by atoms with Gasteiger partial charge >= 0.3 is 6.18 Å². The summed E-state index contributed by atoms with van der Waals surface area (Å²) in [5.74, 6) is 0.133. The molecule has 1 aromatic carbocycles. The fourth-order valence-electron chi connectivity index (χ4n) is 6.80. The van der Waals surface area contributed by atoms with Crippen LogP contribution in [-0.4, -0.2) is 16.6 Å². The third-order valence-corrected chi connectivity index (χ3v) is 8.86. The summed E-state index contributed by atoms with van der Waals surface area (Å²) in [7, 11) is 0. The average Bonchev–Trinajstić information content (AvgIpc) is 3.26. The van der Waals surface area contributed by atoms with Crippen molar-refractivity contribution in [2.75, 3.05) is 0 Å². The number of nitrogens with zero attached hydrogens (tertiary/aromatic N) is 1.